The predicted molar refractivity (Wildman–Crippen MR) is 49.1 cm³/mol. The fraction of sp³-hybridized carbons (Fsp3) is 0.375. The highest BCUT2D eigenvalue weighted by Gasteiger charge is 2.43. The van der Waals surface area contributed by atoms with Gasteiger partial charge in [0.05, 0.1) is 18.2 Å². The lowest BCUT2D eigenvalue weighted by atomic mass is 10.2. The van der Waals surface area contributed by atoms with E-state index in [1.165, 1.54) is 0 Å². The van der Waals surface area contributed by atoms with Crippen molar-refractivity contribution < 1.29 is 40.7 Å². The molecule has 0 fully saturated rings. The summed E-state index contributed by atoms with van der Waals surface area (Å²) in [5.41, 5.74) is -3.45. The molecule has 0 aromatic carbocycles. The molecule has 0 unspecified atom stereocenters. The van der Waals surface area contributed by atoms with E-state index in [0.29, 0.717) is 7.11 Å². The van der Waals surface area contributed by atoms with Gasteiger partial charge in [-0.1, -0.05) is 0 Å². The van der Waals surface area contributed by atoms with Crippen molar-refractivity contribution in [3.63, 3.8) is 0 Å². The molecule has 1 heterocycles. The van der Waals surface area contributed by atoms with E-state index < -0.39 is 40.3 Å². The Kier molecular flexibility index (Phi) is 3.96. The zero-order valence-corrected chi connectivity index (χ0v) is 9.37. The van der Waals surface area contributed by atoms with Crippen LogP contribution < -0.4 is 9.47 Å². The molecule has 1 aromatic heterocycles. The van der Waals surface area contributed by atoms with Crippen molar-refractivity contribution in [2.45, 2.75) is 12.5 Å². The molecule has 0 saturated heterocycles. The molecule has 6 nitrogen and oxygen atoms in total. The second-order valence-electron chi connectivity index (χ2n) is 3.16. The summed E-state index contributed by atoms with van der Waals surface area (Å²) >= 11 is 0. The monoisotopic (exact) mass is 306 g/mol. The summed E-state index contributed by atoms with van der Waals surface area (Å²) in [6.07, 6.45) is -10.5. The van der Waals surface area contributed by atoms with Gasteiger partial charge in [0.25, 0.3) is 0 Å². The average molecular weight is 306 g/mol. The number of halogens is 6. The first kappa shape index (κ1) is 15.8. The van der Waals surface area contributed by atoms with Gasteiger partial charge in [0.15, 0.2) is 5.69 Å². The van der Waals surface area contributed by atoms with Crippen LogP contribution in [0, 0.1) is 10.1 Å². The predicted octanol–water partition coefficient (Wildman–Crippen LogP) is 2.92. The summed E-state index contributed by atoms with van der Waals surface area (Å²) in [4.78, 5) is 11.8. The van der Waals surface area contributed by atoms with Crippen LogP contribution in [0.15, 0.2) is 6.20 Å². The van der Waals surface area contributed by atoms with E-state index in [9.17, 15) is 36.5 Å². The molecule has 0 aliphatic carbocycles. The first-order valence-electron chi connectivity index (χ1n) is 4.51. The maximum absolute atomic E-state index is 12.5. The number of nitro groups is 1. The van der Waals surface area contributed by atoms with Crippen LogP contribution in [0.2, 0.25) is 0 Å². The quantitative estimate of drug-likeness (QED) is 0.487. The number of rotatable bonds is 3. The molecule has 0 aliphatic rings. The minimum Gasteiger partial charge on any atom is -0.489 e. The van der Waals surface area contributed by atoms with Crippen molar-refractivity contribution in [2.24, 2.45) is 0 Å². The van der Waals surface area contributed by atoms with E-state index in [1.807, 2.05) is 0 Å². The molecule has 1 rings (SSSR count). The summed E-state index contributed by atoms with van der Waals surface area (Å²) < 4.78 is 81.0. The molecule has 0 N–H and O–H groups in total. The van der Waals surface area contributed by atoms with Crippen LogP contribution in [0.25, 0.3) is 0 Å². The topological polar surface area (TPSA) is 74.5 Å². The Labute approximate surface area is 106 Å². The van der Waals surface area contributed by atoms with Gasteiger partial charge >= 0.3 is 18.2 Å². The average Bonchev–Trinajstić information content (AvgIpc) is 2.23. The zero-order valence-electron chi connectivity index (χ0n) is 9.37. The van der Waals surface area contributed by atoms with E-state index in [0.717, 1.165) is 0 Å². The SMILES string of the molecule is COc1c(C(F)(F)F)ncc(OC(F)(F)F)c1[N+](=O)[O-]. The molecule has 0 atom stereocenters. The Bertz CT molecular complexity index is 527. The molecule has 0 amide bonds. The minimum absolute atomic E-state index is 0.0447. The molecule has 1 aromatic rings. The fourth-order valence-electron chi connectivity index (χ4n) is 1.23. The number of nitrogens with zero attached hydrogens (tertiary/aromatic N) is 2. The lowest BCUT2D eigenvalue weighted by Crippen LogP contribution is -2.19. The van der Waals surface area contributed by atoms with Crippen LogP contribution in [0.4, 0.5) is 32.0 Å². The third kappa shape index (κ3) is 3.39. The number of hydrogen-bond donors (Lipinski definition) is 0. The number of methoxy groups -OCH3 is 1. The van der Waals surface area contributed by atoms with Gasteiger partial charge in [-0.2, -0.15) is 13.2 Å². The lowest BCUT2D eigenvalue weighted by molar-refractivity contribution is -0.389. The highest BCUT2D eigenvalue weighted by molar-refractivity contribution is 5.59. The third-order valence-electron chi connectivity index (χ3n) is 1.86. The molecule has 0 bridgehead atoms. The summed E-state index contributed by atoms with van der Waals surface area (Å²) in [5, 5.41) is 10.6. The third-order valence-corrected chi connectivity index (χ3v) is 1.86. The van der Waals surface area contributed by atoms with Crippen LogP contribution in [-0.2, 0) is 6.18 Å². The normalized spacial score (nSPS) is 12.2. The summed E-state index contributed by atoms with van der Waals surface area (Å²) in [6.45, 7) is 0. The highest BCUT2D eigenvalue weighted by atomic mass is 19.4. The van der Waals surface area contributed by atoms with Crippen molar-refractivity contribution in [1.29, 1.82) is 0 Å². The Morgan fingerprint density at radius 3 is 2.15 bits per heavy atom. The van der Waals surface area contributed by atoms with Gasteiger partial charge in [-0.3, -0.25) is 10.1 Å². The molecule has 0 saturated carbocycles. The van der Waals surface area contributed by atoms with Crippen LogP contribution in [0.5, 0.6) is 11.5 Å². The molecule has 0 spiro atoms. The standard InChI is InChI=1S/C8H4F6N2O4/c1-19-5-4(16(17)18)3(20-8(12,13)14)2-15-6(5)7(9,10)11/h2H,1H3. The number of aromatic nitrogens is 1. The summed E-state index contributed by atoms with van der Waals surface area (Å²) in [6, 6.07) is 0. The van der Waals surface area contributed by atoms with Gasteiger partial charge in [-0.05, 0) is 0 Å². The van der Waals surface area contributed by atoms with Gasteiger partial charge in [0.1, 0.15) is 0 Å². The van der Waals surface area contributed by atoms with Crippen LogP contribution >= 0.6 is 0 Å². The Hall–Kier alpha value is -2.27. The van der Waals surface area contributed by atoms with E-state index in [1.54, 1.807) is 0 Å². The largest absolute Gasteiger partial charge is 0.573 e. The maximum Gasteiger partial charge on any atom is 0.573 e. The Balaban J connectivity index is 3.55. The van der Waals surface area contributed by atoms with Crippen molar-refractivity contribution in [1.82, 2.24) is 4.98 Å². The second kappa shape index (κ2) is 5.02. The molecule has 20 heavy (non-hydrogen) atoms. The molecule has 12 heteroatoms. The van der Waals surface area contributed by atoms with Crippen LogP contribution in [0.1, 0.15) is 5.69 Å². The van der Waals surface area contributed by atoms with E-state index in [2.05, 4.69) is 14.5 Å². The Morgan fingerprint density at radius 1 is 1.25 bits per heavy atom. The number of hydrogen-bond acceptors (Lipinski definition) is 5. The molecular weight excluding hydrogens is 302 g/mol. The summed E-state index contributed by atoms with van der Waals surface area (Å²) in [7, 11) is 0.622. The number of alkyl halides is 6. The van der Waals surface area contributed by atoms with Crippen molar-refractivity contribution in [2.75, 3.05) is 7.11 Å². The van der Waals surface area contributed by atoms with Crippen molar-refractivity contribution >= 4 is 5.69 Å². The molecule has 0 aliphatic heterocycles. The smallest absolute Gasteiger partial charge is 0.489 e. The Morgan fingerprint density at radius 2 is 1.80 bits per heavy atom. The fourth-order valence-corrected chi connectivity index (χ4v) is 1.23. The van der Waals surface area contributed by atoms with Gasteiger partial charge < -0.3 is 9.47 Å². The minimum atomic E-state index is -5.34. The first-order chi connectivity index (χ1) is 8.97. The lowest BCUT2D eigenvalue weighted by Gasteiger charge is -2.14. The maximum atomic E-state index is 12.5. The molecule has 0 radical (unpaired) electrons. The second-order valence-corrected chi connectivity index (χ2v) is 3.16. The van der Waals surface area contributed by atoms with Crippen molar-refractivity contribution in [3.05, 3.63) is 22.0 Å². The number of ether oxygens (including phenoxy) is 2. The molecule has 112 valence electrons. The van der Waals surface area contributed by atoms with Gasteiger partial charge in [-0.25, -0.2) is 4.98 Å². The van der Waals surface area contributed by atoms with Crippen LogP contribution in [-0.4, -0.2) is 23.4 Å². The number of pyridine rings is 1. The molecular formula is C8H4F6N2O4. The highest BCUT2D eigenvalue weighted by Crippen LogP contribution is 2.45. The van der Waals surface area contributed by atoms with Crippen molar-refractivity contribution in [3.8, 4) is 11.5 Å². The van der Waals surface area contributed by atoms with Gasteiger partial charge in [0, 0.05) is 0 Å². The first-order valence-corrected chi connectivity index (χ1v) is 4.51. The zero-order chi connectivity index (χ0) is 15.7. The summed E-state index contributed by atoms with van der Waals surface area (Å²) in [5.74, 6) is -2.98. The van der Waals surface area contributed by atoms with Gasteiger partial charge in [0.2, 0.25) is 11.5 Å². The van der Waals surface area contributed by atoms with Gasteiger partial charge in [-0.15, -0.1) is 13.2 Å². The van der Waals surface area contributed by atoms with E-state index in [-0.39, 0.29) is 6.20 Å². The van der Waals surface area contributed by atoms with E-state index in [4.69, 9.17) is 0 Å². The van der Waals surface area contributed by atoms with Crippen LogP contribution in [0.3, 0.4) is 0 Å². The van der Waals surface area contributed by atoms with E-state index >= 15 is 0 Å².